The molecule has 35 heavy (non-hydrogen) atoms. The Hall–Kier alpha value is -3.24. The van der Waals surface area contributed by atoms with Gasteiger partial charge in [-0.25, -0.2) is 13.1 Å². The molecule has 2 N–H and O–H groups in total. The number of hydrogen-bond donors (Lipinski definition) is 2. The van der Waals surface area contributed by atoms with Crippen molar-refractivity contribution in [2.75, 3.05) is 0 Å². The fourth-order valence-electron chi connectivity index (χ4n) is 4.75. The molecule has 1 aliphatic carbocycles. The number of aromatic nitrogens is 3. The quantitative estimate of drug-likeness (QED) is 0.383. The zero-order chi connectivity index (χ0) is 24.7. The minimum atomic E-state index is -4.04. The maximum atomic E-state index is 12.9. The van der Waals surface area contributed by atoms with E-state index in [1.54, 1.807) is 24.6 Å². The van der Waals surface area contributed by atoms with Crippen molar-refractivity contribution in [1.29, 1.82) is 0 Å². The number of sulfonamides is 1. The van der Waals surface area contributed by atoms with Gasteiger partial charge in [0.25, 0.3) is 0 Å². The number of furan rings is 1. The Bertz CT molecular complexity index is 1500. The van der Waals surface area contributed by atoms with Gasteiger partial charge in [-0.1, -0.05) is 38.3 Å². The topological polar surface area (TPSA) is 127 Å². The average molecular weight is 497 g/mol. The fourth-order valence-corrected chi connectivity index (χ4v) is 6.11. The molecule has 2 aromatic heterocycles. The van der Waals surface area contributed by atoms with Crippen molar-refractivity contribution in [3.8, 4) is 5.69 Å². The lowest BCUT2D eigenvalue weighted by atomic mass is 9.87. The number of aliphatic carboxylic acids is 1. The molecule has 1 unspecified atom stereocenters. The third kappa shape index (κ3) is 4.55. The highest BCUT2D eigenvalue weighted by atomic mass is 32.2. The zero-order valence-corrected chi connectivity index (χ0v) is 20.5. The molecule has 0 amide bonds. The van der Waals surface area contributed by atoms with Crippen LogP contribution in [0, 0.1) is 5.92 Å². The van der Waals surface area contributed by atoms with Crippen molar-refractivity contribution in [1.82, 2.24) is 19.7 Å². The van der Waals surface area contributed by atoms with Crippen LogP contribution in [0.15, 0.2) is 51.9 Å². The first kappa shape index (κ1) is 23.5. The van der Waals surface area contributed by atoms with Gasteiger partial charge in [-0.3, -0.25) is 4.79 Å². The number of rotatable bonds is 7. The fraction of sp³-hybridized carbons (Fsp3) is 0.400. The van der Waals surface area contributed by atoms with E-state index in [9.17, 15) is 18.3 Å². The number of carboxylic acids is 1. The van der Waals surface area contributed by atoms with Crippen LogP contribution >= 0.6 is 0 Å². The monoisotopic (exact) mass is 496 g/mol. The Morgan fingerprint density at radius 3 is 2.57 bits per heavy atom. The lowest BCUT2D eigenvalue weighted by Crippen LogP contribution is -2.44. The van der Waals surface area contributed by atoms with Gasteiger partial charge >= 0.3 is 5.97 Å². The second kappa shape index (κ2) is 9.09. The number of benzene rings is 2. The maximum Gasteiger partial charge on any atom is 0.322 e. The molecule has 0 aliphatic heterocycles. The highest BCUT2D eigenvalue weighted by Gasteiger charge is 2.28. The van der Waals surface area contributed by atoms with Crippen LogP contribution < -0.4 is 4.72 Å². The van der Waals surface area contributed by atoms with E-state index in [0.29, 0.717) is 22.5 Å². The van der Waals surface area contributed by atoms with Crippen molar-refractivity contribution < 1.29 is 22.7 Å². The first-order valence-electron chi connectivity index (χ1n) is 11.9. The maximum absolute atomic E-state index is 12.9. The second-order valence-corrected chi connectivity index (χ2v) is 11.3. The number of nitrogens with one attached hydrogen (secondary N) is 1. The molecule has 2 heterocycles. The van der Waals surface area contributed by atoms with E-state index in [4.69, 9.17) is 4.42 Å². The molecule has 10 heteroatoms. The normalized spacial score (nSPS) is 16.3. The highest BCUT2D eigenvalue weighted by Crippen LogP contribution is 2.33. The molecule has 1 atom stereocenters. The lowest BCUT2D eigenvalue weighted by molar-refractivity contribution is -0.140. The minimum absolute atomic E-state index is 0.0166. The second-order valence-electron chi connectivity index (χ2n) is 9.54. The molecule has 1 fully saturated rings. The van der Waals surface area contributed by atoms with Gasteiger partial charge in [-0.15, -0.1) is 5.10 Å². The summed E-state index contributed by atoms with van der Waals surface area (Å²) >= 11 is 0. The molecule has 2 aromatic carbocycles. The van der Waals surface area contributed by atoms with Gasteiger partial charge in [-0.2, -0.15) is 4.72 Å². The van der Waals surface area contributed by atoms with Crippen LogP contribution in [0.1, 0.15) is 57.6 Å². The lowest BCUT2D eigenvalue weighted by Gasteiger charge is -2.18. The van der Waals surface area contributed by atoms with E-state index in [1.165, 1.54) is 31.4 Å². The van der Waals surface area contributed by atoms with Gasteiger partial charge in [0.2, 0.25) is 10.0 Å². The first-order chi connectivity index (χ1) is 16.7. The third-order valence-electron chi connectivity index (χ3n) is 6.75. The SMILES string of the molecule is CC(C)C(NS(=O)(=O)c1ccc2oc3cc(-n4cc(C5CCCCC5)nn4)ccc3c2c1)C(=O)O. The summed E-state index contributed by atoms with van der Waals surface area (Å²) in [5.41, 5.74) is 2.95. The van der Waals surface area contributed by atoms with E-state index in [1.807, 2.05) is 24.4 Å². The van der Waals surface area contributed by atoms with Gasteiger partial charge < -0.3 is 9.52 Å². The Morgan fingerprint density at radius 2 is 1.86 bits per heavy atom. The van der Waals surface area contributed by atoms with Crippen LogP contribution in [0.25, 0.3) is 27.6 Å². The number of carbonyl (C=O) groups is 1. The number of hydrogen-bond acceptors (Lipinski definition) is 6. The summed E-state index contributed by atoms with van der Waals surface area (Å²) < 4.78 is 35.8. The van der Waals surface area contributed by atoms with Crippen LogP contribution in [0.4, 0.5) is 0 Å². The molecule has 5 rings (SSSR count). The van der Waals surface area contributed by atoms with E-state index in [2.05, 4.69) is 15.0 Å². The van der Waals surface area contributed by atoms with E-state index in [0.717, 1.165) is 29.6 Å². The van der Waals surface area contributed by atoms with Crippen molar-refractivity contribution in [2.45, 2.75) is 62.8 Å². The molecule has 184 valence electrons. The van der Waals surface area contributed by atoms with Crippen LogP contribution in [0.2, 0.25) is 0 Å². The van der Waals surface area contributed by atoms with Gasteiger partial charge in [0.15, 0.2) is 0 Å². The summed E-state index contributed by atoms with van der Waals surface area (Å²) in [7, 11) is -4.04. The van der Waals surface area contributed by atoms with E-state index >= 15 is 0 Å². The van der Waals surface area contributed by atoms with Crippen molar-refractivity contribution in [2.24, 2.45) is 5.92 Å². The largest absolute Gasteiger partial charge is 0.480 e. The Kier molecular flexibility index (Phi) is 6.10. The Balaban J connectivity index is 1.47. The molecule has 0 bridgehead atoms. The van der Waals surface area contributed by atoms with Gasteiger partial charge in [-0.05, 0) is 49.1 Å². The summed E-state index contributed by atoms with van der Waals surface area (Å²) in [6.45, 7) is 3.30. The molecular weight excluding hydrogens is 468 g/mol. The Morgan fingerprint density at radius 1 is 1.09 bits per heavy atom. The molecule has 9 nitrogen and oxygen atoms in total. The molecular formula is C25H28N4O5S. The standard InChI is InChI=1S/C25H28N4O5S/c1-15(2)24(25(30)31)27-35(32,33)18-9-11-22-20(13-18)19-10-8-17(12-23(19)34-22)29-14-21(26-28-29)16-6-4-3-5-7-16/h8-16,24,27H,3-7H2,1-2H3,(H,30,31). The molecule has 1 saturated carbocycles. The minimum Gasteiger partial charge on any atom is -0.480 e. The predicted molar refractivity (Wildman–Crippen MR) is 131 cm³/mol. The highest BCUT2D eigenvalue weighted by molar-refractivity contribution is 7.89. The summed E-state index contributed by atoms with van der Waals surface area (Å²) in [6, 6.07) is 8.93. The predicted octanol–water partition coefficient (Wildman–Crippen LogP) is 4.60. The van der Waals surface area contributed by atoms with Crippen LogP contribution in [-0.2, 0) is 14.8 Å². The summed E-state index contributed by atoms with van der Waals surface area (Å²) in [5, 5.41) is 19.5. The van der Waals surface area contributed by atoms with Crippen molar-refractivity contribution >= 4 is 37.9 Å². The first-order valence-corrected chi connectivity index (χ1v) is 13.4. The smallest absolute Gasteiger partial charge is 0.322 e. The van der Waals surface area contributed by atoms with Crippen LogP contribution in [0.3, 0.4) is 0 Å². The van der Waals surface area contributed by atoms with Gasteiger partial charge in [0.05, 0.1) is 22.5 Å². The van der Waals surface area contributed by atoms with Crippen LogP contribution in [-0.4, -0.2) is 40.5 Å². The van der Waals surface area contributed by atoms with E-state index in [-0.39, 0.29) is 4.90 Å². The molecule has 4 aromatic rings. The third-order valence-corrected chi connectivity index (χ3v) is 8.19. The number of nitrogens with zero attached hydrogens (tertiary/aromatic N) is 3. The van der Waals surface area contributed by atoms with E-state index < -0.39 is 28.0 Å². The van der Waals surface area contributed by atoms with Gasteiger partial charge in [0, 0.05) is 22.8 Å². The van der Waals surface area contributed by atoms with Crippen molar-refractivity contribution in [3.05, 3.63) is 48.3 Å². The summed E-state index contributed by atoms with van der Waals surface area (Å²) in [6.07, 6.45) is 8.00. The summed E-state index contributed by atoms with van der Waals surface area (Å²) in [5.74, 6) is -1.17. The number of fused-ring (bicyclic) bond motifs is 3. The molecule has 1 aliphatic rings. The number of carboxylic acid groups (broad SMARTS) is 1. The molecule has 0 radical (unpaired) electrons. The van der Waals surface area contributed by atoms with Crippen LogP contribution in [0.5, 0.6) is 0 Å². The van der Waals surface area contributed by atoms with Gasteiger partial charge in [0.1, 0.15) is 17.2 Å². The Labute approximate surface area is 203 Å². The van der Waals surface area contributed by atoms with Crippen molar-refractivity contribution in [3.63, 3.8) is 0 Å². The summed E-state index contributed by atoms with van der Waals surface area (Å²) in [4.78, 5) is 11.5. The molecule has 0 spiro atoms. The average Bonchev–Trinajstić information content (AvgIpc) is 3.47. The zero-order valence-electron chi connectivity index (χ0n) is 19.6. The molecule has 0 saturated heterocycles.